The van der Waals surface area contributed by atoms with E-state index < -0.39 is 0 Å². The molecule has 0 aromatic heterocycles. The zero-order valence-corrected chi connectivity index (χ0v) is 10.3. The molecule has 0 aliphatic heterocycles. The molecule has 3 heteroatoms. The minimum Gasteiger partial charge on any atom is -0.314 e. The third-order valence-corrected chi connectivity index (χ3v) is 3.61. The van der Waals surface area contributed by atoms with Gasteiger partial charge < -0.3 is 5.32 Å². The van der Waals surface area contributed by atoms with Crippen molar-refractivity contribution in [3.63, 3.8) is 0 Å². The summed E-state index contributed by atoms with van der Waals surface area (Å²) in [6.07, 6.45) is 2.49. The van der Waals surface area contributed by atoms with Crippen LogP contribution in [0.2, 0.25) is 0 Å². The van der Waals surface area contributed by atoms with Crippen molar-refractivity contribution in [1.29, 1.82) is 0 Å². The second-order valence-corrected chi connectivity index (χ2v) is 5.11. The summed E-state index contributed by atoms with van der Waals surface area (Å²) in [6, 6.07) is 4.34. The van der Waals surface area contributed by atoms with Crippen LogP contribution in [0.15, 0.2) is 18.2 Å². The van der Waals surface area contributed by atoms with Gasteiger partial charge in [-0.15, -0.1) is 0 Å². The van der Waals surface area contributed by atoms with Crippen LogP contribution in [0.4, 0.5) is 8.78 Å². The predicted octanol–water partition coefficient (Wildman–Crippen LogP) is 3.46. The number of rotatable bonds is 5. The van der Waals surface area contributed by atoms with Gasteiger partial charge in [-0.25, -0.2) is 8.78 Å². The Morgan fingerprint density at radius 3 is 2.65 bits per heavy atom. The molecule has 0 saturated heterocycles. The molecule has 0 heterocycles. The molecule has 0 amide bonds. The minimum absolute atomic E-state index is 0.0250. The van der Waals surface area contributed by atoms with Crippen LogP contribution in [0, 0.1) is 17.6 Å². The molecule has 0 radical (unpaired) electrons. The van der Waals surface area contributed by atoms with Crippen molar-refractivity contribution in [3.05, 3.63) is 35.4 Å². The van der Waals surface area contributed by atoms with E-state index in [0.29, 0.717) is 17.5 Å². The summed E-state index contributed by atoms with van der Waals surface area (Å²) in [5, 5.41) is 3.42. The van der Waals surface area contributed by atoms with Gasteiger partial charge in [0.2, 0.25) is 0 Å². The Hall–Kier alpha value is -0.960. The molecule has 1 nitrogen and oxygen atoms in total. The Morgan fingerprint density at radius 2 is 2.00 bits per heavy atom. The highest BCUT2D eigenvalue weighted by atomic mass is 19.1. The summed E-state index contributed by atoms with van der Waals surface area (Å²) in [5.74, 6) is -0.350. The molecule has 1 aliphatic carbocycles. The summed E-state index contributed by atoms with van der Waals surface area (Å²) in [7, 11) is 0. The number of halogens is 2. The van der Waals surface area contributed by atoms with Gasteiger partial charge in [-0.2, -0.15) is 0 Å². The molecule has 17 heavy (non-hydrogen) atoms. The Labute approximate surface area is 101 Å². The predicted molar refractivity (Wildman–Crippen MR) is 65.0 cm³/mol. The van der Waals surface area contributed by atoms with E-state index in [2.05, 4.69) is 12.2 Å². The lowest BCUT2D eigenvalue weighted by molar-refractivity contribution is 0.431. The van der Waals surface area contributed by atoms with Crippen LogP contribution in [0.3, 0.4) is 0 Å². The highest BCUT2D eigenvalue weighted by molar-refractivity contribution is 5.23. The molecule has 0 spiro atoms. The average molecular weight is 239 g/mol. The van der Waals surface area contributed by atoms with Crippen molar-refractivity contribution in [2.45, 2.75) is 38.6 Å². The van der Waals surface area contributed by atoms with Gasteiger partial charge in [-0.1, -0.05) is 13.8 Å². The summed E-state index contributed by atoms with van der Waals surface area (Å²) in [5.41, 5.74) is 0.482. The fourth-order valence-electron chi connectivity index (χ4n) is 1.99. The second kappa shape index (κ2) is 5.13. The topological polar surface area (TPSA) is 12.0 Å². The molecule has 2 atom stereocenters. The molecule has 1 fully saturated rings. The number of hydrogen-bond acceptors (Lipinski definition) is 1. The van der Waals surface area contributed by atoms with E-state index in [1.165, 1.54) is 31.0 Å². The molecule has 1 aliphatic rings. The molecular formula is C14H19F2N. The number of nitrogens with one attached hydrogen (secondary N) is 1. The third-order valence-electron chi connectivity index (χ3n) is 3.61. The minimum atomic E-state index is -0.365. The standard InChI is InChI=1S/C14H19F2N/c1-9(8-17-12-4-5-12)10(2)13-7-11(15)3-6-14(13)16/h3,6-7,9-10,12,17H,4-5,8H2,1-2H3. The van der Waals surface area contributed by atoms with E-state index in [0.717, 1.165) is 6.54 Å². The summed E-state index contributed by atoms with van der Waals surface area (Å²) in [6.45, 7) is 4.89. The lowest BCUT2D eigenvalue weighted by Crippen LogP contribution is -2.26. The monoisotopic (exact) mass is 239 g/mol. The van der Waals surface area contributed by atoms with E-state index in [1.54, 1.807) is 0 Å². The lowest BCUT2D eigenvalue weighted by Gasteiger charge is -2.21. The van der Waals surface area contributed by atoms with Crippen LogP contribution in [0.1, 0.15) is 38.2 Å². The van der Waals surface area contributed by atoms with Gasteiger partial charge in [0.1, 0.15) is 11.6 Å². The van der Waals surface area contributed by atoms with Gasteiger partial charge in [0.25, 0.3) is 0 Å². The fraction of sp³-hybridized carbons (Fsp3) is 0.571. The van der Waals surface area contributed by atoms with Gasteiger partial charge >= 0.3 is 0 Å². The van der Waals surface area contributed by atoms with Crippen LogP contribution in [-0.2, 0) is 0 Å². The fourth-order valence-corrected chi connectivity index (χ4v) is 1.99. The van der Waals surface area contributed by atoms with Crippen LogP contribution in [0.25, 0.3) is 0 Å². The Bertz CT molecular complexity index is 388. The zero-order valence-electron chi connectivity index (χ0n) is 10.3. The summed E-state index contributed by atoms with van der Waals surface area (Å²) < 4.78 is 26.7. The van der Waals surface area contributed by atoms with Crippen molar-refractivity contribution < 1.29 is 8.78 Å². The number of hydrogen-bond donors (Lipinski definition) is 1. The Morgan fingerprint density at radius 1 is 1.29 bits per heavy atom. The van der Waals surface area contributed by atoms with E-state index >= 15 is 0 Å². The first-order valence-electron chi connectivity index (χ1n) is 6.26. The molecule has 1 aromatic rings. The SMILES string of the molecule is CC(CNC1CC1)C(C)c1cc(F)ccc1F. The number of benzene rings is 1. The lowest BCUT2D eigenvalue weighted by atomic mass is 9.88. The van der Waals surface area contributed by atoms with Crippen LogP contribution in [-0.4, -0.2) is 12.6 Å². The van der Waals surface area contributed by atoms with Crippen molar-refractivity contribution >= 4 is 0 Å². The average Bonchev–Trinajstić information content (AvgIpc) is 3.12. The van der Waals surface area contributed by atoms with Crippen LogP contribution in [0.5, 0.6) is 0 Å². The summed E-state index contributed by atoms with van der Waals surface area (Å²) in [4.78, 5) is 0. The largest absolute Gasteiger partial charge is 0.314 e. The first-order chi connectivity index (χ1) is 8.08. The van der Waals surface area contributed by atoms with Gasteiger partial charge in [0, 0.05) is 6.04 Å². The van der Waals surface area contributed by atoms with Crippen molar-refractivity contribution in [3.8, 4) is 0 Å². The smallest absolute Gasteiger partial charge is 0.126 e. The van der Waals surface area contributed by atoms with Crippen LogP contribution < -0.4 is 5.32 Å². The molecule has 1 N–H and O–H groups in total. The van der Waals surface area contributed by atoms with Gasteiger partial charge in [0.05, 0.1) is 0 Å². The first-order valence-corrected chi connectivity index (χ1v) is 6.26. The normalized spacial score (nSPS) is 19.1. The van der Waals surface area contributed by atoms with Crippen molar-refractivity contribution in [2.24, 2.45) is 5.92 Å². The van der Waals surface area contributed by atoms with E-state index in [1.807, 2.05) is 6.92 Å². The Balaban J connectivity index is 2.00. The van der Waals surface area contributed by atoms with E-state index in [9.17, 15) is 8.78 Å². The Kier molecular flexibility index (Phi) is 3.77. The third kappa shape index (κ3) is 3.25. The molecule has 1 saturated carbocycles. The molecule has 94 valence electrons. The van der Waals surface area contributed by atoms with E-state index in [-0.39, 0.29) is 17.6 Å². The molecule has 0 bridgehead atoms. The molecule has 2 rings (SSSR count). The maximum absolute atomic E-state index is 13.6. The van der Waals surface area contributed by atoms with Crippen molar-refractivity contribution in [2.75, 3.05) is 6.54 Å². The van der Waals surface area contributed by atoms with Gasteiger partial charge in [0.15, 0.2) is 0 Å². The van der Waals surface area contributed by atoms with Gasteiger partial charge in [-0.05, 0) is 55.0 Å². The van der Waals surface area contributed by atoms with Gasteiger partial charge in [-0.3, -0.25) is 0 Å². The highest BCUT2D eigenvalue weighted by Crippen LogP contribution is 2.27. The summed E-state index contributed by atoms with van der Waals surface area (Å²) >= 11 is 0. The first kappa shape index (κ1) is 12.5. The van der Waals surface area contributed by atoms with Crippen molar-refractivity contribution in [1.82, 2.24) is 5.32 Å². The molecule has 2 unspecified atom stereocenters. The van der Waals surface area contributed by atoms with E-state index in [4.69, 9.17) is 0 Å². The zero-order chi connectivity index (χ0) is 12.4. The highest BCUT2D eigenvalue weighted by Gasteiger charge is 2.23. The molecular weight excluding hydrogens is 220 g/mol. The maximum Gasteiger partial charge on any atom is 0.126 e. The van der Waals surface area contributed by atoms with Crippen LogP contribution >= 0.6 is 0 Å². The maximum atomic E-state index is 13.6. The second-order valence-electron chi connectivity index (χ2n) is 5.11. The molecule has 1 aromatic carbocycles. The quantitative estimate of drug-likeness (QED) is 0.829.